The number of carbonyl (C=O) groups is 1. The fraction of sp³-hybridized carbons (Fsp3) is 0.750. The highest BCUT2D eigenvalue weighted by molar-refractivity contribution is 6.84. The van der Waals surface area contributed by atoms with Gasteiger partial charge in [0.2, 0.25) is 0 Å². The van der Waals surface area contributed by atoms with Crippen molar-refractivity contribution in [1.82, 2.24) is 14.6 Å². The van der Waals surface area contributed by atoms with Gasteiger partial charge in [-0.05, 0) is 53.1 Å². The number of rotatable bonds is 10. The van der Waals surface area contributed by atoms with Crippen molar-refractivity contribution in [3.63, 3.8) is 0 Å². The van der Waals surface area contributed by atoms with Crippen LogP contribution < -0.4 is 5.73 Å². The fourth-order valence-corrected chi connectivity index (χ4v) is 18.5. The number of fused-ring (bicyclic) bond motifs is 1. The van der Waals surface area contributed by atoms with Gasteiger partial charge in [-0.1, -0.05) is 74.7 Å². The zero-order valence-electron chi connectivity index (χ0n) is 28.2. The smallest absolute Gasteiger partial charge is 0.335 e. The number of hydrogen-bond donors (Lipinski definition) is 2. The third kappa shape index (κ3) is 7.16. The van der Waals surface area contributed by atoms with E-state index in [9.17, 15) is 15.2 Å². The SMILES string of the molecule is CC(C)[Si]1(C(C)C)OC[C@@H](O)[C@H]([C@@H](OC(=O)CC2CCCCC2)C(C#N)c2ccc3c(N)ncnn23)O[Si](C(C)C)(C(C)C)O1. The Bertz CT molecular complexity index is 1320. The highest BCUT2D eigenvalue weighted by Gasteiger charge is 2.60. The van der Waals surface area contributed by atoms with Gasteiger partial charge in [0.25, 0.3) is 0 Å². The van der Waals surface area contributed by atoms with Gasteiger partial charge in [-0.3, -0.25) is 4.79 Å². The normalized spacial score (nSPS) is 24.0. The third-order valence-electron chi connectivity index (χ3n) is 9.79. The second kappa shape index (κ2) is 14.6. The first kappa shape index (κ1) is 35.5. The van der Waals surface area contributed by atoms with Gasteiger partial charge in [0.15, 0.2) is 11.9 Å². The first-order valence-corrected chi connectivity index (χ1v) is 20.6. The van der Waals surface area contributed by atoms with Crippen LogP contribution in [0.2, 0.25) is 22.2 Å². The minimum atomic E-state index is -3.22. The summed E-state index contributed by atoms with van der Waals surface area (Å²) in [6, 6.07) is 5.85. The second-order valence-corrected chi connectivity index (χ2v) is 22.9. The van der Waals surface area contributed by atoms with Crippen LogP contribution in [0.4, 0.5) is 5.82 Å². The maximum atomic E-state index is 13.7. The number of hydrogen-bond acceptors (Lipinski definition) is 10. The summed E-state index contributed by atoms with van der Waals surface area (Å²) in [6.45, 7) is 16.7. The molecule has 0 spiro atoms. The number of esters is 1. The Morgan fingerprint density at radius 2 is 1.69 bits per heavy atom. The van der Waals surface area contributed by atoms with E-state index in [0.717, 1.165) is 25.7 Å². The number of ether oxygens (including phenoxy) is 1. The van der Waals surface area contributed by atoms with Gasteiger partial charge in [-0.25, -0.2) is 9.50 Å². The Balaban J connectivity index is 1.83. The number of aliphatic hydroxyl groups is 1. The molecule has 45 heavy (non-hydrogen) atoms. The maximum Gasteiger partial charge on any atom is 0.335 e. The van der Waals surface area contributed by atoms with E-state index in [1.165, 1.54) is 12.7 Å². The van der Waals surface area contributed by atoms with Gasteiger partial charge in [0, 0.05) is 6.42 Å². The van der Waals surface area contributed by atoms with Gasteiger partial charge < -0.3 is 28.5 Å². The summed E-state index contributed by atoms with van der Waals surface area (Å²) in [4.78, 5) is 17.8. The lowest BCUT2D eigenvalue weighted by molar-refractivity contribution is -0.164. The molecule has 250 valence electrons. The number of anilines is 1. The zero-order valence-corrected chi connectivity index (χ0v) is 30.2. The number of aliphatic hydroxyl groups excluding tert-OH is 1. The van der Waals surface area contributed by atoms with E-state index in [4.69, 9.17) is 23.4 Å². The van der Waals surface area contributed by atoms with E-state index >= 15 is 0 Å². The molecule has 4 atom stereocenters. The van der Waals surface area contributed by atoms with Gasteiger partial charge in [-0.2, -0.15) is 10.4 Å². The van der Waals surface area contributed by atoms with E-state index in [-0.39, 0.29) is 46.9 Å². The minimum Gasteiger partial charge on any atom is -0.458 e. The molecule has 0 radical (unpaired) electrons. The second-order valence-electron chi connectivity index (χ2n) is 14.1. The first-order valence-electron chi connectivity index (χ1n) is 16.6. The number of nitrogens with zero attached hydrogens (tertiary/aromatic N) is 4. The lowest BCUT2D eigenvalue weighted by Gasteiger charge is -2.52. The Labute approximate surface area is 270 Å². The van der Waals surface area contributed by atoms with Crippen molar-refractivity contribution < 1.29 is 27.6 Å². The summed E-state index contributed by atoms with van der Waals surface area (Å²) < 4.78 is 29.0. The molecule has 1 unspecified atom stereocenters. The molecule has 2 aromatic heterocycles. The minimum absolute atomic E-state index is 0.0286. The molecule has 4 rings (SSSR count). The summed E-state index contributed by atoms with van der Waals surface area (Å²) in [7, 11) is -6.14. The average molecular weight is 660 g/mol. The summed E-state index contributed by atoms with van der Waals surface area (Å²) in [5.74, 6) is -0.958. The lowest BCUT2D eigenvalue weighted by atomic mass is 9.87. The monoisotopic (exact) mass is 659 g/mol. The predicted molar refractivity (Wildman–Crippen MR) is 177 cm³/mol. The molecule has 2 aromatic rings. The van der Waals surface area contributed by atoms with Crippen molar-refractivity contribution in [2.45, 2.75) is 140 Å². The van der Waals surface area contributed by atoms with Crippen molar-refractivity contribution in [3.05, 3.63) is 24.2 Å². The van der Waals surface area contributed by atoms with Crippen molar-refractivity contribution in [1.29, 1.82) is 5.26 Å². The predicted octanol–water partition coefficient (Wildman–Crippen LogP) is 6.12. The standard InChI is InChI=1S/C32H53N5O6Si2/c1-20(2)44(21(3)4)40-18-28(38)31(42-45(43-44,22(5)6)23(7)8)30(41-29(39)16-24-12-10-9-11-13-24)25(17-33)26-14-15-27-32(34)35-19-36-37(26)27/h14-15,19-25,28,30-31,38H,9-13,16,18H2,1-8H3,(H2,34,35,36)/t25?,28-,30+,31-/m1/s1. The largest absolute Gasteiger partial charge is 0.458 e. The molecule has 3 N–H and O–H groups in total. The molecule has 0 aromatic carbocycles. The lowest BCUT2D eigenvalue weighted by Crippen LogP contribution is -2.67. The molecular weight excluding hydrogens is 607 g/mol. The van der Waals surface area contributed by atoms with Crippen LogP contribution in [0.15, 0.2) is 18.5 Å². The topological polar surface area (TPSA) is 154 Å². The van der Waals surface area contributed by atoms with Crippen molar-refractivity contribution in [2.75, 3.05) is 12.3 Å². The van der Waals surface area contributed by atoms with E-state index < -0.39 is 47.3 Å². The zero-order chi connectivity index (χ0) is 33.1. The molecule has 13 heteroatoms. The molecular formula is C32H53N5O6Si2. The van der Waals surface area contributed by atoms with Crippen LogP contribution in [0.3, 0.4) is 0 Å². The average Bonchev–Trinajstić information content (AvgIpc) is 3.41. The van der Waals surface area contributed by atoms with Gasteiger partial charge in [0.1, 0.15) is 30.0 Å². The Morgan fingerprint density at radius 3 is 2.27 bits per heavy atom. The van der Waals surface area contributed by atoms with Crippen LogP contribution in [0.25, 0.3) is 5.52 Å². The first-order chi connectivity index (χ1) is 21.3. The number of nitrogen functional groups attached to an aromatic ring is 1. The van der Waals surface area contributed by atoms with Crippen LogP contribution in [-0.4, -0.2) is 67.7 Å². The molecule has 2 fully saturated rings. The van der Waals surface area contributed by atoms with Gasteiger partial charge >= 0.3 is 23.1 Å². The summed E-state index contributed by atoms with van der Waals surface area (Å²) >= 11 is 0. The number of nitrogens with two attached hydrogens (primary N) is 1. The van der Waals surface area contributed by atoms with Crippen molar-refractivity contribution in [2.24, 2.45) is 5.92 Å². The van der Waals surface area contributed by atoms with Crippen LogP contribution >= 0.6 is 0 Å². The number of nitriles is 1. The number of aromatic nitrogens is 3. The maximum absolute atomic E-state index is 13.7. The van der Waals surface area contributed by atoms with Gasteiger partial charge in [-0.15, -0.1) is 0 Å². The Kier molecular flexibility index (Phi) is 11.5. The molecule has 0 bridgehead atoms. The Hall–Kier alpha value is -2.35. The molecule has 2 aliphatic rings. The molecule has 1 aliphatic carbocycles. The number of carbonyl (C=O) groups excluding carboxylic acids is 1. The Morgan fingerprint density at radius 1 is 1.07 bits per heavy atom. The van der Waals surface area contributed by atoms with E-state index in [0.29, 0.717) is 11.2 Å². The molecule has 0 amide bonds. The van der Waals surface area contributed by atoms with Crippen molar-refractivity contribution >= 4 is 34.4 Å². The van der Waals surface area contributed by atoms with E-state index in [1.807, 2.05) is 0 Å². The van der Waals surface area contributed by atoms with Gasteiger partial charge in [0.05, 0.1) is 18.4 Å². The summed E-state index contributed by atoms with van der Waals surface area (Å²) in [5, 5.41) is 27.1. The molecule has 1 saturated heterocycles. The molecule has 3 heterocycles. The molecule has 11 nitrogen and oxygen atoms in total. The summed E-state index contributed by atoms with van der Waals surface area (Å²) in [6.07, 6.45) is 3.44. The van der Waals surface area contributed by atoms with Crippen molar-refractivity contribution in [3.8, 4) is 6.07 Å². The van der Waals surface area contributed by atoms with Crippen LogP contribution in [0, 0.1) is 17.2 Å². The summed E-state index contributed by atoms with van der Waals surface area (Å²) in [5.41, 5.74) is 7.26. The van der Waals surface area contributed by atoms with Crippen LogP contribution in [0.5, 0.6) is 0 Å². The quantitative estimate of drug-likeness (QED) is 0.225. The third-order valence-corrected chi connectivity index (χ3v) is 20.0. The van der Waals surface area contributed by atoms with E-state index in [1.54, 1.807) is 16.6 Å². The van der Waals surface area contributed by atoms with Crippen LogP contribution in [-0.2, 0) is 22.5 Å². The fourth-order valence-electron chi connectivity index (χ4n) is 7.27. The highest BCUT2D eigenvalue weighted by atomic mass is 28.5. The van der Waals surface area contributed by atoms with Crippen LogP contribution in [0.1, 0.15) is 106 Å². The molecule has 1 aliphatic heterocycles. The molecule has 1 saturated carbocycles. The van der Waals surface area contributed by atoms with E-state index in [2.05, 4.69) is 71.5 Å². The highest BCUT2D eigenvalue weighted by Crippen LogP contribution is 2.47.